The molecule has 3 aliphatic rings. The third kappa shape index (κ3) is 4.93. The average molecular weight is 399 g/mol. The van der Waals surface area contributed by atoms with Gasteiger partial charge in [-0.2, -0.15) is 0 Å². The minimum atomic E-state index is -0.256. The van der Waals surface area contributed by atoms with Gasteiger partial charge in [-0.1, -0.05) is 32.0 Å². The highest BCUT2D eigenvalue weighted by molar-refractivity contribution is 5.77. The Morgan fingerprint density at radius 2 is 1.90 bits per heavy atom. The zero-order chi connectivity index (χ0) is 20.4. The number of amides is 2. The van der Waals surface area contributed by atoms with E-state index in [9.17, 15) is 9.59 Å². The van der Waals surface area contributed by atoms with Crippen LogP contribution in [0.3, 0.4) is 0 Å². The fourth-order valence-electron chi connectivity index (χ4n) is 4.71. The number of carbonyl (C=O) groups excluding carboxylic acids is 2. The molecule has 0 aromatic heterocycles. The van der Waals surface area contributed by atoms with Crippen LogP contribution in [0.15, 0.2) is 24.3 Å². The summed E-state index contributed by atoms with van der Waals surface area (Å²) in [4.78, 5) is 27.1. The molecule has 4 rings (SSSR count). The molecule has 2 heterocycles. The number of carbonyl (C=O) groups is 2. The molecule has 1 spiro atoms. The van der Waals surface area contributed by atoms with Crippen molar-refractivity contribution in [2.75, 3.05) is 19.6 Å². The Morgan fingerprint density at radius 1 is 1.17 bits per heavy atom. The molecule has 2 aliphatic heterocycles. The van der Waals surface area contributed by atoms with Crippen LogP contribution in [0, 0.1) is 11.8 Å². The average Bonchev–Trinajstić information content (AvgIpc) is 3.51. The molecule has 1 N–H and O–H groups in total. The van der Waals surface area contributed by atoms with Crippen molar-refractivity contribution in [2.24, 2.45) is 11.8 Å². The van der Waals surface area contributed by atoms with Crippen LogP contribution in [0.5, 0.6) is 5.75 Å². The Balaban J connectivity index is 1.42. The number of fused-ring (bicyclic) bond motifs is 1. The summed E-state index contributed by atoms with van der Waals surface area (Å²) in [5, 5.41) is 3.06. The first-order valence-corrected chi connectivity index (χ1v) is 11.3. The van der Waals surface area contributed by atoms with Crippen molar-refractivity contribution in [3.8, 4) is 5.75 Å². The number of piperidine rings is 1. The normalized spacial score (nSPS) is 22.9. The van der Waals surface area contributed by atoms with Crippen LogP contribution in [0.25, 0.3) is 0 Å². The first kappa shape index (κ1) is 20.2. The Kier molecular flexibility index (Phi) is 5.84. The summed E-state index contributed by atoms with van der Waals surface area (Å²) in [7, 11) is 0. The lowest BCUT2D eigenvalue weighted by atomic mass is 9.76. The second kappa shape index (κ2) is 8.37. The van der Waals surface area contributed by atoms with Crippen molar-refractivity contribution in [1.29, 1.82) is 0 Å². The van der Waals surface area contributed by atoms with E-state index in [1.165, 1.54) is 12.8 Å². The third-order valence-corrected chi connectivity index (χ3v) is 6.63. The number of benzene rings is 1. The molecule has 2 fully saturated rings. The monoisotopic (exact) mass is 398 g/mol. The Hall–Kier alpha value is -2.04. The molecule has 1 aromatic carbocycles. The fourth-order valence-corrected chi connectivity index (χ4v) is 4.71. The van der Waals surface area contributed by atoms with Gasteiger partial charge in [0.15, 0.2) is 0 Å². The van der Waals surface area contributed by atoms with E-state index in [0.29, 0.717) is 30.7 Å². The molecule has 1 aliphatic carbocycles. The molecule has 0 radical (unpaired) electrons. The number of hydrogen-bond acceptors (Lipinski definition) is 3. The van der Waals surface area contributed by atoms with E-state index in [-0.39, 0.29) is 17.4 Å². The second-order valence-corrected chi connectivity index (χ2v) is 9.65. The summed E-state index contributed by atoms with van der Waals surface area (Å²) >= 11 is 0. The highest BCUT2D eigenvalue weighted by Crippen LogP contribution is 2.46. The van der Waals surface area contributed by atoms with Gasteiger partial charge < -0.3 is 15.0 Å². The molecule has 1 aromatic rings. The van der Waals surface area contributed by atoms with Gasteiger partial charge >= 0.3 is 0 Å². The van der Waals surface area contributed by atoms with E-state index in [2.05, 4.69) is 25.2 Å². The van der Waals surface area contributed by atoms with Gasteiger partial charge in [0.2, 0.25) is 11.8 Å². The van der Waals surface area contributed by atoms with Crippen LogP contribution in [-0.2, 0) is 9.59 Å². The van der Waals surface area contributed by atoms with E-state index in [1.54, 1.807) is 0 Å². The van der Waals surface area contributed by atoms with Gasteiger partial charge in [-0.05, 0) is 42.7 Å². The molecule has 0 bridgehead atoms. The zero-order valence-corrected chi connectivity index (χ0v) is 17.8. The van der Waals surface area contributed by atoms with E-state index >= 15 is 0 Å². The zero-order valence-electron chi connectivity index (χ0n) is 17.8. The van der Waals surface area contributed by atoms with Crippen LogP contribution in [0.2, 0.25) is 0 Å². The molecule has 0 unspecified atom stereocenters. The summed E-state index contributed by atoms with van der Waals surface area (Å²) < 4.78 is 6.52. The van der Waals surface area contributed by atoms with E-state index in [0.717, 1.165) is 50.1 Å². The van der Waals surface area contributed by atoms with Crippen molar-refractivity contribution >= 4 is 11.8 Å². The maximum Gasteiger partial charge on any atom is 0.222 e. The number of para-hydroxylation sites is 1. The largest absolute Gasteiger partial charge is 0.487 e. The summed E-state index contributed by atoms with van der Waals surface area (Å²) in [5.74, 6) is 2.59. The number of rotatable bonds is 6. The van der Waals surface area contributed by atoms with Crippen molar-refractivity contribution in [3.05, 3.63) is 29.8 Å². The highest BCUT2D eigenvalue weighted by atomic mass is 16.5. The van der Waals surface area contributed by atoms with Crippen LogP contribution >= 0.6 is 0 Å². The first-order valence-electron chi connectivity index (χ1n) is 11.3. The summed E-state index contributed by atoms with van der Waals surface area (Å²) in [6, 6.07) is 8.15. The third-order valence-electron chi connectivity index (χ3n) is 6.63. The Morgan fingerprint density at radius 3 is 2.59 bits per heavy atom. The maximum atomic E-state index is 12.5. The summed E-state index contributed by atoms with van der Waals surface area (Å²) in [6.45, 7) is 6.46. The predicted molar refractivity (Wildman–Crippen MR) is 113 cm³/mol. The standard InChI is InChI=1S/C24H34N2O3/c1-17(2)16-25-22(27)14-19-15-24(29-21-6-4-3-5-20(19)21)9-11-26(12-10-24)23(28)13-18-7-8-18/h3-6,17-19H,7-16H2,1-2H3,(H,25,27)/t19-/m1/s1. The van der Waals surface area contributed by atoms with Crippen molar-refractivity contribution in [3.63, 3.8) is 0 Å². The molecular weight excluding hydrogens is 364 g/mol. The van der Waals surface area contributed by atoms with Gasteiger partial charge in [0.1, 0.15) is 11.4 Å². The lowest BCUT2D eigenvalue weighted by Crippen LogP contribution is -2.52. The molecule has 1 atom stereocenters. The molecule has 5 heteroatoms. The number of likely N-dealkylation sites (tertiary alicyclic amines) is 1. The molecule has 5 nitrogen and oxygen atoms in total. The van der Waals surface area contributed by atoms with Crippen molar-refractivity contribution in [2.45, 2.75) is 70.3 Å². The Bertz CT molecular complexity index is 748. The first-order chi connectivity index (χ1) is 13.9. The summed E-state index contributed by atoms with van der Waals surface area (Å²) in [6.07, 6.45) is 6.19. The predicted octanol–water partition coefficient (Wildman–Crippen LogP) is 3.88. The molecule has 2 amide bonds. The maximum absolute atomic E-state index is 12.5. The number of hydrogen-bond donors (Lipinski definition) is 1. The lowest BCUT2D eigenvalue weighted by Gasteiger charge is -2.47. The fraction of sp³-hybridized carbons (Fsp3) is 0.667. The second-order valence-electron chi connectivity index (χ2n) is 9.65. The van der Waals surface area contributed by atoms with Crippen LogP contribution in [0.4, 0.5) is 0 Å². The molecule has 29 heavy (non-hydrogen) atoms. The van der Waals surface area contributed by atoms with Gasteiger partial charge in [0, 0.05) is 51.2 Å². The Labute approximate surface area is 174 Å². The molecular formula is C24H34N2O3. The minimum Gasteiger partial charge on any atom is -0.487 e. The van der Waals surface area contributed by atoms with Crippen LogP contribution in [-0.4, -0.2) is 41.9 Å². The smallest absolute Gasteiger partial charge is 0.222 e. The molecule has 158 valence electrons. The van der Waals surface area contributed by atoms with Crippen LogP contribution in [0.1, 0.15) is 70.3 Å². The van der Waals surface area contributed by atoms with Gasteiger partial charge in [-0.25, -0.2) is 0 Å². The van der Waals surface area contributed by atoms with Crippen LogP contribution < -0.4 is 10.1 Å². The lowest BCUT2D eigenvalue weighted by molar-refractivity contribution is -0.135. The van der Waals surface area contributed by atoms with Gasteiger partial charge in [0.25, 0.3) is 0 Å². The number of nitrogens with zero attached hydrogens (tertiary/aromatic N) is 1. The number of nitrogens with one attached hydrogen (secondary N) is 1. The summed E-state index contributed by atoms with van der Waals surface area (Å²) in [5.41, 5.74) is 0.887. The van der Waals surface area contributed by atoms with Gasteiger partial charge in [0.05, 0.1) is 0 Å². The molecule has 1 saturated heterocycles. The molecule has 1 saturated carbocycles. The van der Waals surface area contributed by atoms with Crippen molar-refractivity contribution < 1.29 is 14.3 Å². The quantitative estimate of drug-likeness (QED) is 0.791. The van der Waals surface area contributed by atoms with E-state index in [4.69, 9.17) is 4.74 Å². The van der Waals surface area contributed by atoms with Gasteiger partial charge in [-0.15, -0.1) is 0 Å². The SMILES string of the molecule is CC(C)CNC(=O)C[C@@H]1CC2(CCN(C(=O)CC3CC3)CC2)Oc2ccccc21. The van der Waals surface area contributed by atoms with Gasteiger partial charge in [-0.3, -0.25) is 9.59 Å². The van der Waals surface area contributed by atoms with E-state index < -0.39 is 0 Å². The van der Waals surface area contributed by atoms with Crippen molar-refractivity contribution in [1.82, 2.24) is 10.2 Å². The highest BCUT2D eigenvalue weighted by Gasteiger charge is 2.44. The minimum absolute atomic E-state index is 0.118. The van der Waals surface area contributed by atoms with E-state index in [1.807, 2.05) is 23.1 Å². The topological polar surface area (TPSA) is 58.6 Å². The number of ether oxygens (including phenoxy) is 1.